The fourth-order valence-electron chi connectivity index (χ4n) is 2.69. The number of rotatable bonds is 2. The standard InChI is InChI=1S/C17H14FNO4S/c1-24(22,23)15-9-12-14(19-17(15)21)7-6-11(16(12)20)8-10-4-2-3-5-13(10)18/h2-5,8-9H,6-7H2,1H3,(H,19,21)/b11-8-. The van der Waals surface area contributed by atoms with E-state index in [4.69, 9.17) is 0 Å². The molecule has 0 atom stereocenters. The van der Waals surface area contributed by atoms with Crippen LogP contribution in [0.25, 0.3) is 6.08 Å². The number of carbonyl (C=O) groups is 1. The summed E-state index contributed by atoms with van der Waals surface area (Å²) in [6.45, 7) is 0. The lowest BCUT2D eigenvalue weighted by Gasteiger charge is -2.18. The number of allylic oxidation sites excluding steroid dienone is 1. The molecule has 24 heavy (non-hydrogen) atoms. The van der Waals surface area contributed by atoms with E-state index < -0.39 is 31.9 Å². The minimum atomic E-state index is -3.75. The van der Waals surface area contributed by atoms with Crippen molar-refractivity contribution in [3.63, 3.8) is 0 Å². The number of carbonyl (C=O) groups excluding carboxylic acids is 1. The Morgan fingerprint density at radius 3 is 2.54 bits per heavy atom. The van der Waals surface area contributed by atoms with Crippen molar-refractivity contribution in [2.45, 2.75) is 17.7 Å². The highest BCUT2D eigenvalue weighted by Crippen LogP contribution is 2.26. The summed E-state index contributed by atoms with van der Waals surface area (Å²) in [4.78, 5) is 26.5. The molecule has 7 heteroatoms. The zero-order chi connectivity index (χ0) is 17.5. The van der Waals surface area contributed by atoms with Crippen molar-refractivity contribution in [3.05, 3.63) is 68.9 Å². The number of fused-ring (bicyclic) bond motifs is 1. The molecule has 1 aliphatic rings. The van der Waals surface area contributed by atoms with Crippen molar-refractivity contribution in [1.82, 2.24) is 4.98 Å². The van der Waals surface area contributed by atoms with E-state index >= 15 is 0 Å². The van der Waals surface area contributed by atoms with Crippen LogP contribution in [0.15, 0.2) is 45.6 Å². The van der Waals surface area contributed by atoms with Gasteiger partial charge in [-0.2, -0.15) is 0 Å². The van der Waals surface area contributed by atoms with Crippen LogP contribution < -0.4 is 5.56 Å². The second-order valence-electron chi connectivity index (χ2n) is 5.65. The predicted octanol–water partition coefficient (Wildman–Crippen LogP) is 2.13. The molecule has 1 aromatic heterocycles. The maximum atomic E-state index is 13.8. The number of pyridine rings is 1. The molecule has 1 heterocycles. The summed E-state index contributed by atoms with van der Waals surface area (Å²) in [6.07, 6.45) is 3.09. The monoisotopic (exact) mass is 347 g/mol. The summed E-state index contributed by atoms with van der Waals surface area (Å²) in [5.41, 5.74) is 0.480. The number of aromatic amines is 1. The van der Waals surface area contributed by atoms with Crippen molar-refractivity contribution >= 4 is 21.7 Å². The predicted molar refractivity (Wildman–Crippen MR) is 87.2 cm³/mol. The molecule has 3 rings (SSSR count). The molecule has 0 fully saturated rings. The van der Waals surface area contributed by atoms with E-state index in [0.29, 0.717) is 24.1 Å². The highest BCUT2D eigenvalue weighted by Gasteiger charge is 2.26. The molecule has 0 spiro atoms. The molecule has 0 bridgehead atoms. The van der Waals surface area contributed by atoms with E-state index in [1.54, 1.807) is 18.2 Å². The van der Waals surface area contributed by atoms with Gasteiger partial charge in [0.1, 0.15) is 10.7 Å². The first-order chi connectivity index (χ1) is 11.3. The maximum absolute atomic E-state index is 13.8. The number of aryl methyl sites for hydroxylation is 1. The lowest BCUT2D eigenvalue weighted by Crippen LogP contribution is -2.24. The van der Waals surface area contributed by atoms with Crippen LogP contribution in [-0.4, -0.2) is 25.4 Å². The highest BCUT2D eigenvalue weighted by molar-refractivity contribution is 7.90. The number of sulfone groups is 1. The number of hydrogen-bond acceptors (Lipinski definition) is 4. The van der Waals surface area contributed by atoms with Gasteiger partial charge in [-0.3, -0.25) is 9.59 Å². The number of aromatic nitrogens is 1. The molecule has 1 aliphatic carbocycles. The van der Waals surface area contributed by atoms with E-state index in [9.17, 15) is 22.4 Å². The Labute approximate surface area is 137 Å². The summed E-state index contributed by atoms with van der Waals surface area (Å²) in [7, 11) is -3.75. The number of Topliss-reactive ketones (excluding diaryl/α,β-unsaturated/α-hetero) is 1. The minimum Gasteiger partial charge on any atom is -0.324 e. The van der Waals surface area contributed by atoms with Gasteiger partial charge in [-0.05, 0) is 31.1 Å². The molecule has 0 aliphatic heterocycles. The van der Waals surface area contributed by atoms with Gasteiger partial charge in [-0.25, -0.2) is 12.8 Å². The molecule has 0 saturated carbocycles. The molecule has 2 aromatic rings. The lowest BCUT2D eigenvalue weighted by atomic mass is 9.89. The molecular weight excluding hydrogens is 333 g/mol. The Morgan fingerprint density at radius 2 is 1.88 bits per heavy atom. The largest absolute Gasteiger partial charge is 0.324 e. The summed E-state index contributed by atoms with van der Waals surface area (Å²) in [5.74, 6) is -0.845. The van der Waals surface area contributed by atoms with Gasteiger partial charge in [0.15, 0.2) is 15.6 Å². The van der Waals surface area contributed by atoms with Gasteiger partial charge in [0.25, 0.3) is 5.56 Å². The third-order valence-corrected chi connectivity index (χ3v) is 5.01. The summed E-state index contributed by atoms with van der Waals surface area (Å²) in [6, 6.07) is 7.18. The Balaban J connectivity index is 2.11. The molecule has 1 aromatic carbocycles. The zero-order valence-corrected chi connectivity index (χ0v) is 13.6. The molecule has 0 saturated heterocycles. The number of hydrogen-bond donors (Lipinski definition) is 1. The number of benzene rings is 1. The minimum absolute atomic E-state index is 0.142. The van der Waals surface area contributed by atoms with Crippen molar-refractivity contribution in [2.24, 2.45) is 0 Å². The van der Waals surface area contributed by atoms with Crippen LogP contribution in [0.5, 0.6) is 0 Å². The second kappa shape index (κ2) is 5.83. The van der Waals surface area contributed by atoms with E-state index in [1.165, 1.54) is 12.1 Å². The van der Waals surface area contributed by atoms with Crippen LogP contribution >= 0.6 is 0 Å². The average Bonchev–Trinajstić information content (AvgIpc) is 2.50. The Morgan fingerprint density at radius 1 is 1.17 bits per heavy atom. The summed E-state index contributed by atoms with van der Waals surface area (Å²) >= 11 is 0. The zero-order valence-electron chi connectivity index (χ0n) is 12.8. The van der Waals surface area contributed by atoms with Crippen LogP contribution in [-0.2, 0) is 16.3 Å². The quantitative estimate of drug-likeness (QED) is 0.844. The van der Waals surface area contributed by atoms with Crippen LogP contribution in [0.1, 0.15) is 28.0 Å². The SMILES string of the molecule is CS(=O)(=O)c1cc2c([nH]c1=O)CC/C(=C/c1ccccc1F)C2=O. The van der Waals surface area contributed by atoms with Crippen molar-refractivity contribution in [1.29, 1.82) is 0 Å². The first-order valence-electron chi connectivity index (χ1n) is 7.23. The Kier molecular flexibility index (Phi) is 3.96. The number of halogens is 1. The van der Waals surface area contributed by atoms with Gasteiger partial charge in [0.05, 0.1) is 0 Å². The Bertz CT molecular complexity index is 1030. The highest BCUT2D eigenvalue weighted by atomic mass is 32.2. The number of H-pyrrole nitrogens is 1. The van der Waals surface area contributed by atoms with Gasteiger partial charge in [-0.15, -0.1) is 0 Å². The summed E-state index contributed by atoms with van der Waals surface area (Å²) < 4.78 is 37.1. The second-order valence-corrected chi connectivity index (χ2v) is 7.63. The van der Waals surface area contributed by atoms with Gasteiger partial charge < -0.3 is 4.98 Å². The maximum Gasteiger partial charge on any atom is 0.266 e. The van der Waals surface area contributed by atoms with E-state index in [-0.39, 0.29) is 11.1 Å². The molecule has 0 radical (unpaired) electrons. The topological polar surface area (TPSA) is 84.1 Å². The van der Waals surface area contributed by atoms with Crippen LogP contribution in [0.4, 0.5) is 4.39 Å². The van der Waals surface area contributed by atoms with Crippen LogP contribution in [0.2, 0.25) is 0 Å². The van der Waals surface area contributed by atoms with Gasteiger partial charge in [-0.1, -0.05) is 18.2 Å². The smallest absolute Gasteiger partial charge is 0.266 e. The Hall–Kier alpha value is -2.54. The lowest BCUT2D eigenvalue weighted by molar-refractivity contribution is 0.102. The fraction of sp³-hybridized carbons (Fsp3) is 0.176. The molecule has 1 N–H and O–H groups in total. The molecular formula is C17H14FNO4S. The van der Waals surface area contributed by atoms with Gasteiger partial charge in [0, 0.05) is 28.6 Å². The van der Waals surface area contributed by atoms with Crippen molar-refractivity contribution in [2.75, 3.05) is 6.26 Å². The first-order valence-corrected chi connectivity index (χ1v) is 9.12. The van der Waals surface area contributed by atoms with E-state index in [0.717, 1.165) is 12.3 Å². The van der Waals surface area contributed by atoms with Crippen molar-refractivity contribution < 1.29 is 17.6 Å². The molecule has 0 amide bonds. The average molecular weight is 347 g/mol. The van der Waals surface area contributed by atoms with Crippen LogP contribution in [0.3, 0.4) is 0 Å². The van der Waals surface area contributed by atoms with E-state index in [2.05, 4.69) is 4.98 Å². The van der Waals surface area contributed by atoms with Gasteiger partial charge in [0.2, 0.25) is 0 Å². The summed E-state index contributed by atoms with van der Waals surface area (Å²) in [5, 5.41) is 0. The fourth-order valence-corrected chi connectivity index (χ4v) is 3.41. The molecule has 124 valence electrons. The van der Waals surface area contributed by atoms with Crippen molar-refractivity contribution in [3.8, 4) is 0 Å². The van der Waals surface area contributed by atoms with Gasteiger partial charge >= 0.3 is 0 Å². The normalized spacial score (nSPS) is 16.2. The first kappa shape index (κ1) is 16.3. The molecule has 0 unspecified atom stereocenters. The van der Waals surface area contributed by atoms with E-state index in [1.807, 2.05) is 0 Å². The number of ketones is 1. The third-order valence-electron chi connectivity index (χ3n) is 3.90. The third kappa shape index (κ3) is 2.94. The number of nitrogens with one attached hydrogen (secondary N) is 1. The van der Waals surface area contributed by atoms with Crippen LogP contribution in [0, 0.1) is 5.82 Å². The molecule has 5 nitrogen and oxygen atoms in total.